The van der Waals surface area contributed by atoms with Crippen LogP contribution in [0.1, 0.15) is 23.0 Å². The van der Waals surface area contributed by atoms with Crippen LogP contribution in [0.5, 0.6) is 0 Å². The lowest BCUT2D eigenvalue weighted by Crippen LogP contribution is -2.02. The third-order valence-corrected chi connectivity index (χ3v) is 2.19. The lowest BCUT2D eigenvalue weighted by molar-refractivity contribution is 0.995. The Hall–Kier alpha value is -2.04. The highest BCUT2D eigenvalue weighted by atomic mass is 15.1. The normalized spacial score (nSPS) is 10.4. The summed E-state index contributed by atoms with van der Waals surface area (Å²) in [7, 11) is 0. The third kappa shape index (κ3) is 2.96. The van der Waals surface area contributed by atoms with Crippen molar-refractivity contribution in [1.82, 2.24) is 19.9 Å². The molecule has 0 aliphatic carbocycles. The second kappa shape index (κ2) is 4.45. The highest BCUT2D eigenvalue weighted by molar-refractivity contribution is 5.52. The summed E-state index contributed by atoms with van der Waals surface area (Å²) in [5, 5.41) is 3.16. The van der Waals surface area contributed by atoms with Gasteiger partial charge in [0.25, 0.3) is 0 Å². The van der Waals surface area contributed by atoms with E-state index in [0.29, 0.717) is 0 Å². The Morgan fingerprint density at radius 3 is 1.47 bits per heavy atom. The molecule has 0 radical (unpaired) electrons. The molecule has 0 amide bonds. The summed E-state index contributed by atoms with van der Waals surface area (Å²) >= 11 is 0. The van der Waals surface area contributed by atoms with E-state index < -0.39 is 0 Å². The lowest BCUT2D eigenvalue weighted by atomic mass is 10.4. The second-order valence-electron chi connectivity index (χ2n) is 4.01. The van der Waals surface area contributed by atoms with Gasteiger partial charge in [-0.3, -0.25) is 0 Å². The molecule has 0 aromatic carbocycles. The lowest BCUT2D eigenvalue weighted by Gasteiger charge is -2.07. The molecule has 0 aliphatic rings. The minimum absolute atomic E-state index is 0.745. The Labute approximate surface area is 100 Å². The molecule has 0 saturated carbocycles. The number of rotatable bonds is 2. The van der Waals surface area contributed by atoms with Gasteiger partial charge in [0.15, 0.2) is 0 Å². The number of hydrogen-bond acceptors (Lipinski definition) is 5. The van der Waals surface area contributed by atoms with Gasteiger partial charge in [0.1, 0.15) is 23.3 Å². The van der Waals surface area contributed by atoms with Crippen molar-refractivity contribution in [3.63, 3.8) is 0 Å². The number of nitrogens with zero attached hydrogens (tertiary/aromatic N) is 4. The van der Waals surface area contributed by atoms with E-state index in [2.05, 4.69) is 25.3 Å². The van der Waals surface area contributed by atoms with Crippen molar-refractivity contribution in [2.24, 2.45) is 0 Å². The van der Waals surface area contributed by atoms with Gasteiger partial charge >= 0.3 is 0 Å². The number of aromatic nitrogens is 4. The maximum Gasteiger partial charge on any atom is 0.135 e. The third-order valence-electron chi connectivity index (χ3n) is 2.19. The van der Waals surface area contributed by atoms with Gasteiger partial charge < -0.3 is 5.32 Å². The van der Waals surface area contributed by atoms with E-state index in [4.69, 9.17) is 0 Å². The Kier molecular flexibility index (Phi) is 2.99. The van der Waals surface area contributed by atoms with Crippen LogP contribution in [0.25, 0.3) is 0 Å². The van der Waals surface area contributed by atoms with Crippen molar-refractivity contribution in [2.75, 3.05) is 5.32 Å². The van der Waals surface area contributed by atoms with E-state index in [1.807, 2.05) is 39.8 Å². The average molecular weight is 229 g/mol. The molecule has 5 nitrogen and oxygen atoms in total. The average Bonchev–Trinajstić information content (AvgIpc) is 2.13. The van der Waals surface area contributed by atoms with Gasteiger partial charge in [-0.25, -0.2) is 19.9 Å². The molecule has 88 valence electrons. The van der Waals surface area contributed by atoms with Crippen LogP contribution in [0, 0.1) is 27.7 Å². The molecular weight excluding hydrogens is 214 g/mol. The summed E-state index contributed by atoms with van der Waals surface area (Å²) in [6.45, 7) is 7.62. The van der Waals surface area contributed by atoms with Crippen molar-refractivity contribution in [2.45, 2.75) is 27.7 Å². The molecule has 2 aromatic rings. The van der Waals surface area contributed by atoms with Crippen molar-refractivity contribution < 1.29 is 0 Å². The van der Waals surface area contributed by atoms with Crippen LogP contribution in [0.2, 0.25) is 0 Å². The number of nitrogens with one attached hydrogen (secondary N) is 1. The van der Waals surface area contributed by atoms with E-state index >= 15 is 0 Å². The monoisotopic (exact) mass is 229 g/mol. The summed E-state index contributed by atoms with van der Waals surface area (Å²) in [6, 6.07) is 3.78. The van der Waals surface area contributed by atoms with Gasteiger partial charge in [-0.2, -0.15) is 0 Å². The smallest absolute Gasteiger partial charge is 0.135 e. The SMILES string of the molecule is Cc1cc(Nc2cc(C)nc(C)n2)nc(C)n1. The van der Waals surface area contributed by atoms with Gasteiger partial charge in [-0.05, 0) is 27.7 Å². The van der Waals surface area contributed by atoms with Crippen molar-refractivity contribution in [3.05, 3.63) is 35.2 Å². The van der Waals surface area contributed by atoms with E-state index in [0.717, 1.165) is 34.7 Å². The zero-order valence-corrected chi connectivity index (χ0v) is 10.4. The maximum absolute atomic E-state index is 4.31. The molecule has 0 saturated heterocycles. The summed E-state index contributed by atoms with van der Waals surface area (Å²) < 4.78 is 0. The first-order valence-electron chi connectivity index (χ1n) is 5.44. The minimum atomic E-state index is 0.745. The fourth-order valence-electron chi connectivity index (χ4n) is 1.69. The second-order valence-corrected chi connectivity index (χ2v) is 4.01. The standard InChI is InChI=1S/C12H15N5/c1-7-5-11(15-9(3)13-7)17-12-6-8(2)14-10(4)16-12/h5-6H,1-4H3,(H,13,14,15,16,17). The molecule has 1 N–H and O–H groups in total. The van der Waals surface area contributed by atoms with E-state index in [9.17, 15) is 0 Å². The van der Waals surface area contributed by atoms with E-state index in [1.54, 1.807) is 0 Å². The van der Waals surface area contributed by atoms with Crippen LogP contribution in [-0.2, 0) is 0 Å². The minimum Gasteiger partial charge on any atom is -0.325 e. The zero-order chi connectivity index (χ0) is 12.4. The molecule has 0 aliphatic heterocycles. The Balaban J connectivity index is 2.31. The van der Waals surface area contributed by atoms with Crippen molar-refractivity contribution >= 4 is 11.6 Å². The van der Waals surface area contributed by atoms with Crippen molar-refractivity contribution in [3.8, 4) is 0 Å². The number of anilines is 2. The first-order chi connectivity index (χ1) is 8.02. The fraction of sp³-hybridized carbons (Fsp3) is 0.333. The summed E-state index contributed by atoms with van der Waals surface area (Å²) in [5.41, 5.74) is 1.87. The predicted octanol–water partition coefficient (Wildman–Crippen LogP) is 2.24. The van der Waals surface area contributed by atoms with E-state index in [1.165, 1.54) is 0 Å². The molecule has 2 aromatic heterocycles. The van der Waals surface area contributed by atoms with Crippen LogP contribution in [0.15, 0.2) is 12.1 Å². The fourth-order valence-corrected chi connectivity index (χ4v) is 1.69. The van der Waals surface area contributed by atoms with Gasteiger partial charge in [0.05, 0.1) is 0 Å². The summed E-state index contributed by atoms with van der Waals surface area (Å²) in [5.74, 6) is 3.00. The summed E-state index contributed by atoms with van der Waals surface area (Å²) in [4.78, 5) is 17.1. The summed E-state index contributed by atoms with van der Waals surface area (Å²) in [6.07, 6.45) is 0. The first kappa shape index (κ1) is 11.4. The molecule has 2 heterocycles. The van der Waals surface area contributed by atoms with Crippen LogP contribution in [-0.4, -0.2) is 19.9 Å². The predicted molar refractivity (Wildman–Crippen MR) is 66.3 cm³/mol. The molecule has 0 fully saturated rings. The maximum atomic E-state index is 4.31. The quantitative estimate of drug-likeness (QED) is 0.855. The molecule has 2 rings (SSSR count). The zero-order valence-electron chi connectivity index (χ0n) is 10.4. The highest BCUT2D eigenvalue weighted by Crippen LogP contribution is 2.13. The molecule has 0 unspecified atom stereocenters. The van der Waals surface area contributed by atoms with Crippen LogP contribution in [0.4, 0.5) is 11.6 Å². The van der Waals surface area contributed by atoms with Crippen molar-refractivity contribution in [1.29, 1.82) is 0 Å². The van der Waals surface area contributed by atoms with Gasteiger partial charge in [-0.1, -0.05) is 0 Å². The molecule has 0 atom stereocenters. The van der Waals surface area contributed by atoms with Crippen LogP contribution in [0.3, 0.4) is 0 Å². The molecule has 0 spiro atoms. The first-order valence-corrected chi connectivity index (χ1v) is 5.44. The topological polar surface area (TPSA) is 63.6 Å². The van der Waals surface area contributed by atoms with Crippen LogP contribution < -0.4 is 5.32 Å². The molecule has 5 heteroatoms. The number of hydrogen-bond donors (Lipinski definition) is 1. The number of aryl methyl sites for hydroxylation is 4. The Morgan fingerprint density at radius 1 is 0.706 bits per heavy atom. The van der Waals surface area contributed by atoms with E-state index in [-0.39, 0.29) is 0 Å². The molecule has 17 heavy (non-hydrogen) atoms. The molecular formula is C12H15N5. The largest absolute Gasteiger partial charge is 0.325 e. The Morgan fingerprint density at radius 2 is 1.12 bits per heavy atom. The van der Waals surface area contributed by atoms with Gasteiger partial charge in [0.2, 0.25) is 0 Å². The molecule has 0 bridgehead atoms. The van der Waals surface area contributed by atoms with Gasteiger partial charge in [-0.15, -0.1) is 0 Å². The highest BCUT2D eigenvalue weighted by Gasteiger charge is 2.02. The Bertz CT molecular complexity index is 461. The van der Waals surface area contributed by atoms with Gasteiger partial charge in [0, 0.05) is 23.5 Å². The van der Waals surface area contributed by atoms with Crippen LogP contribution >= 0.6 is 0 Å².